The van der Waals surface area contributed by atoms with Crippen LogP contribution in [0.2, 0.25) is 0 Å². The van der Waals surface area contributed by atoms with Gasteiger partial charge in [0.1, 0.15) is 0 Å². The molecule has 0 atom stereocenters. The second-order valence-corrected chi connectivity index (χ2v) is 3.85. The van der Waals surface area contributed by atoms with E-state index in [-0.39, 0.29) is 4.86 Å². The number of hydrogen-bond donors (Lipinski definition) is 1. The van der Waals surface area contributed by atoms with Gasteiger partial charge in [-0.2, -0.15) is 0 Å². The molecule has 0 saturated heterocycles. The van der Waals surface area contributed by atoms with Gasteiger partial charge in [-0.25, -0.2) is 10.1 Å². The Morgan fingerprint density at radius 2 is 2.00 bits per heavy atom. The van der Waals surface area contributed by atoms with E-state index in [4.69, 9.17) is 0 Å². The van der Waals surface area contributed by atoms with Gasteiger partial charge in [0.2, 0.25) is 0 Å². The van der Waals surface area contributed by atoms with Crippen LogP contribution in [0.1, 0.15) is 20.8 Å². The summed E-state index contributed by atoms with van der Waals surface area (Å²) in [6.07, 6.45) is 0. The zero-order valence-corrected chi connectivity index (χ0v) is 8.87. The largest absolute Gasteiger partial charge is 0.691 e. The Bertz CT molecular complexity index is 419. The molecule has 1 rings (SSSR count). The van der Waals surface area contributed by atoms with Crippen molar-refractivity contribution in [3.05, 3.63) is 15.3 Å². The second kappa shape index (κ2) is 4.08. The van der Waals surface area contributed by atoms with E-state index in [0.717, 1.165) is 0 Å². The number of nitrogens with one attached hydrogen (secondary N) is 1. The predicted octanol–water partition coefficient (Wildman–Crippen LogP) is 1.07. The van der Waals surface area contributed by atoms with Crippen LogP contribution in [0.5, 0.6) is 0 Å². The van der Waals surface area contributed by atoms with Crippen molar-refractivity contribution in [2.75, 3.05) is 5.43 Å². The van der Waals surface area contributed by atoms with E-state index in [1.807, 2.05) is 0 Å². The van der Waals surface area contributed by atoms with Gasteiger partial charge in [-0.1, -0.05) is 5.43 Å². The van der Waals surface area contributed by atoms with Crippen LogP contribution in [0, 0.1) is 15.3 Å². The third-order valence-electron chi connectivity index (χ3n) is 1.24. The first kappa shape index (κ1) is 11.8. The van der Waals surface area contributed by atoms with Gasteiger partial charge in [-0.05, 0) is 20.8 Å². The number of hydrazine groups is 1. The summed E-state index contributed by atoms with van der Waals surface area (Å²) in [5.74, 6) is -0.792. The quantitative estimate of drug-likeness (QED) is 0.355. The molecule has 10 heteroatoms. The molecule has 0 radical (unpaired) electrons. The summed E-state index contributed by atoms with van der Waals surface area (Å²) in [5, 5.41) is 30.8. The number of anilines is 1. The summed E-state index contributed by atoms with van der Waals surface area (Å²) in [6.45, 7) is 5.06. The summed E-state index contributed by atoms with van der Waals surface area (Å²) in [4.78, 5) is 10.3. The molecule has 0 spiro atoms. The topological polar surface area (TPSA) is 133 Å². The first-order chi connectivity index (χ1) is 7.29. The fourth-order valence-corrected chi connectivity index (χ4v) is 0.786. The lowest BCUT2D eigenvalue weighted by Crippen LogP contribution is -2.14. The van der Waals surface area contributed by atoms with Gasteiger partial charge in [-0.3, -0.25) is 0 Å². The SMILES string of the molecule is CC(C)(C)N=[N+]([O-])c1nonc1N[N+](=O)[O-]. The van der Waals surface area contributed by atoms with Crippen molar-refractivity contribution in [1.29, 1.82) is 0 Å². The minimum atomic E-state index is -0.881. The Morgan fingerprint density at radius 3 is 2.50 bits per heavy atom. The minimum Gasteiger partial charge on any atom is -0.691 e. The molecular weight excluding hydrogens is 220 g/mol. The number of aromatic nitrogens is 2. The van der Waals surface area contributed by atoms with Crippen molar-refractivity contribution in [3.8, 4) is 0 Å². The highest BCUT2D eigenvalue weighted by Crippen LogP contribution is 2.20. The highest BCUT2D eigenvalue weighted by Gasteiger charge is 2.26. The van der Waals surface area contributed by atoms with Crippen LogP contribution in [0.4, 0.5) is 11.6 Å². The van der Waals surface area contributed by atoms with Crippen LogP contribution in [0.25, 0.3) is 0 Å². The van der Waals surface area contributed by atoms with Crippen molar-refractivity contribution in [2.45, 2.75) is 26.3 Å². The van der Waals surface area contributed by atoms with Crippen LogP contribution in [0.15, 0.2) is 9.74 Å². The molecular formula is C6H10N6O4. The molecule has 0 fully saturated rings. The number of azo groups is 1. The van der Waals surface area contributed by atoms with Crippen LogP contribution in [-0.2, 0) is 0 Å². The van der Waals surface area contributed by atoms with Gasteiger partial charge in [-0.15, -0.1) is 14.6 Å². The van der Waals surface area contributed by atoms with Gasteiger partial charge in [0.25, 0.3) is 0 Å². The Kier molecular flexibility index (Phi) is 3.01. The Balaban J connectivity index is 3.00. The van der Waals surface area contributed by atoms with Gasteiger partial charge in [0, 0.05) is 5.16 Å². The lowest BCUT2D eigenvalue weighted by atomic mass is 10.1. The Hall–Kier alpha value is -2.26. The minimum absolute atomic E-state index is 0.127. The maximum absolute atomic E-state index is 11.4. The lowest BCUT2D eigenvalue weighted by Gasteiger charge is -2.11. The molecule has 0 saturated carbocycles. The lowest BCUT2D eigenvalue weighted by molar-refractivity contribution is -0.461. The predicted molar refractivity (Wildman–Crippen MR) is 50.4 cm³/mol. The molecule has 88 valence electrons. The molecule has 1 N–H and O–H groups in total. The number of nitrogens with zero attached hydrogens (tertiary/aromatic N) is 5. The molecule has 16 heavy (non-hydrogen) atoms. The van der Waals surface area contributed by atoms with E-state index in [1.54, 1.807) is 26.2 Å². The van der Waals surface area contributed by atoms with Crippen LogP contribution in [0.3, 0.4) is 0 Å². The van der Waals surface area contributed by atoms with E-state index >= 15 is 0 Å². The van der Waals surface area contributed by atoms with E-state index < -0.39 is 22.2 Å². The maximum Gasteiger partial charge on any atom is 0.448 e. The van der Waals surface area contributed by atoms with Gasteiger partial charge >= 0.3 is 11.6 Å². The normalized spacial score (nSPS) is 12.6. The van der Waals surface area contributed by atoms with Crippen LogP contribution >= 0.6 is 0 Å². The molecule has 10 nitrogen and oxygen atoms in total. The van der Waals surface area contributed by atoms with Gasteiger partial charge < -0.3 is 5.21 Å². The van der Waals surface area contributed by atoms with E-state index in [2.05, 4.69) is 20.1 Å². The van der Waals surface area contributed by atoms with Crippen molar-refractivity contribution in [1.82, 2.24) is 10.3 Å². The van der Waals surface area contributed by atoms with Gasteiger partial charge in [0.05, 0.1) is 5.54 Å². The Labute approximate surface area is 89.6 Å². The molecule has 0 aliphatic carbocycles. The van der Waals surface area contributed by atoms with Crippen molar-refractivity contribution >= 4 is 11.6 Å². The van der Waals surface area contributed by atoms with Crippen molar-refractivity contribution in [2.24, 2.45) is 5.11 Å². The standard InChI is InChI=1S/C6H10N6O4/c1-6(2,3)10-11(13)5-4(7-12(14)15)8-16-9-5/h1-3H3,(H,7,8). The van der Waals surface area contributed by atoms with Crippen LogP contribution < -0.4 is 5.43 Å². The molecule has 0 unspecified atom stereocenters. The molecule has 1 heterocycles. The maximum atomic E-state index is 11.4. The summed E-state index contributed by atoms with van der Waals surface area (Å²) < 4.78 is 4.21. The second-order valence-electron chi connectivity index (χ2n) is 3.85. The summed E-state index contributed by atoms with van der Waals surface area (Å²) in [6, 6.07) is 0. The average Bonchev–Trinajstić information content (AvgIpc) is 2.47. The van der Waals surface area contributed by atoms with E-state index in [9.17, 15) is 15.3 Å². The zero-order chi connectivity index (χ0) is 12.3. The molecule has 0 aromatic carbocycles. The fourth-order valence-electron chi connectivity index (χ4n) is 0.786. The van der Waals surface area contributed by atoms with E-state index in [0.29, 0.717) is 0 Å². The smallest absolute Gasteiger partial charge is 0.448 e. The zero-order valence-electron chi connectivity index (χ0n) is 8.87. The highest BCUT2D eigenvalue weighted by molar-refractivity contribution is 5.46. The van der Waals surface area contributed by atoms with Crippen molar-refractivity contribution < 1.29 is 14.5 Å². The third kappa shape index (κ3) is 3.15. The van der Waals surface area contributed by atoms with Crippen molar-refractivity contribution in [3.63, 3.8) is 0 Å². The molecule has 1 aromatic heterocycles. The van der Waals surface area contributed by atoms with E-state index in [1.165, 1.54) is 0 Å². The summed E-state index contributed by atoms with van der Waals surface area (Å²) >= 11 is 0. The Morgan fingerprint density at radius 1 is 1.38 bits per heavy atom. The fraction of sp³-hybridized carbons (Fsp3) is 0.667. The highest BCUT2D eigenvalue weighted by atomic mass is 16.7. The summed E-state index contributed by atoms with van der Waals surface area (Å²) in [7, 11) is 0. The number of rotatable bonds is 3. The molecule has 0 aliphatic heterocycles. The number of nitro groups is 1. The first-order valence-corrected chi connectivity index (χ1v) is 4.23. The summed E-state index contributed by atoms with van der Waals surface area (Å²) in [5.41, 5.74) is 1.03. The molecule has 0 bridgehead atoms. The van der Waals surface area contributed by atoms with Gasteiger partial charge in [0.15, 0.2) is 10.2 Å². The van der Waals surface area contributed by atoms with Crippen LogP contribution in [-0.4, -0.2) is 25.7 Å². The third-order valence-corrected chi connectivity index (χ3v) is 1.24. The number of hydrogen-bond acceptors (Lipinski definition) is 7. The monoisotopic (exact) mass is 230 g/mol. The molecule has 0 aliphatic rings. The molecule has 1 aromatic rings. The average molecular weight is 230 g/mol. The first-order valence-electron chi connectivity index (χ1n) is 4.23. The molecule has 0 amide bonds.